The quantitative estimate of drug-likeness (QED) is 0.772. The van der Waals surface area contributed by atoms with Crippen LogP contribution in [0.5, 0.6) is 5.75 Å². The number of hydrogen-bond donors (Lipinski definition) is 2. The zero-order valence-corrected chi connectivity index (χ0v) is 15.5. The summed E-state index contributed by atoms with van der Waals surface area (Å²) in [6, 6.07) is 9.04. The molecule has 148 valence electrons. The van der Waals surface area contributed by atoms with E-state index in [9.17, 15) is 14.7 Å². The summed E-state index contributed by atoms with van der Waals surface area (Å²) in [5.74, 6) is 0.506. The number of morpholine rings is 1. The molecule has 0 spiro atoms. The summed E-state index contributed by atoms with van der Waals surface area (Å²) in [5.41, 5.74) is 0. The average Bonchev–Trinajstić information content (AvgIpc) is 2.70. The van der Waals surface area contributed by atoms with Crippen LogP contribution in [0.4, 0.5) is 0 Å². The number of aliphatic hydroxyl groups excluding tert-OH is 1. The van der Waals surface area contributed by atoms with Crippen molar-refractivity contribution in [3.63, 3.8) is 0 Å². The molecule has 0 radical (unpaired) electrons. The van der Waals surface area contributed by atoms with Crippen molar-refractivity contribution in [2.24, 2.45) is 5.92 Å². The summed E-state index contributed by atoms with van der Waals surface area (Å²) in [6.45, 7) is 2.67. The van der Waals surface area contributed by atoms with Gasteiger partial charge in [-0.1, -0.05) is 18.2 Å². The number of nitrogens with zero attached hydrogens (tertiary/aromatic N) is 1. The number of carbonyl (C=O) groups excluding carboxylic acids is 2. The first kappa shape index (κ1) is 19.6. The van der Waals surface area contributed by atoms with E-state index in [2.05, 4.69) is 5.32 Å². The maximum atomic E-state index is 12.6. The van der Waals surface area contributed by atoms with Crippen LogP contribution in [0.25, 0.3) is 0 Å². The van der Waals surface area contributed by atoms with Crippen LogP contribution in [0.3, 0.4) is 0 Å². The van der Waals surface area contributed by atoms with Gasteiger partial charge in [-0.3, -0.25) is 9.59 Å². The largest absolute Gasteiger partial charge is 0.493 e. The predicted molar refractivity (Wildman–Crippen MR) is 99.2 cm³/mol. The highest BCUT2D eigenvalue weighted by Gasteiger charge is 2.35. The van der Waals surface area contributed by atoms with Crippen LogP contribution in [0, 0.1) is 5.92 Å². The van der Waals surface area contributed by atoms with Gasteiger partial charge in [0.2, 0.25) is 11.8 Å². The van der Waals surface area contributed by atoms with Gasteiger partial charge in [0.05, 0.1) is 38.4 Å². The van der Waals surface area contributed by atoms with Gasteiger partial charge in [-0.25, -0.2) is 0 Å². The van der Waals surface area contributed by atoms with E-state index in [0.717, 1.165) is 5.75 Å². The van der Waals surface area contributed by atoms with Crippen LogP contribution in [0.15, 0.2) is 30.3 Å². The summed E-state index contributed by atoms with van der Waals surface area (Å²) < 4.78 is 10.8. The standard InChI is InChI=1S/C20H28N2O5/c23-18-14-15(20(25)22-9-12-26-13-10-22)6-7-17(18)21-19(24)8-11-27-16-4-2-1-3-5-16/h1-5,15,17-18,23H,6-14H2,(H,21,24)/t15-,17-,18-/m0/s1. The molecule has 1 aromatic rings. The van der Waals surface area contributed by atoms with Crippen LogP contribution in [0.2, 0.25) is 0 Å². The molecule has 27 heavy (non-hydrogen) atoms. The third-order valence-corrected chi connectivity index (χ3v) is 5.18. The van der Waals surface area contributed by atoms with E-state index in [-0.39, 0.29) is 36.8 Å². The summed E-state index contributed by atoms with van der Waals surface area (Å²) in [5, 5.41) is 13.3. The summed E-state index contributed by atoms with van der Waals surface area (Å²) >= 11 is 0. The number of para-hydroxylation sites is 1. The predicted octanol–water partition coefficient (Wildman–Crippen LogP) is 0.960. The molecular weight excluding hydrogens is 348 g/mol. The first-order chi connectivity index (χ1) is 13.1. The van der Waals surface area contributed by atoms with E-state index in [1.54, 1.807) is 0 Å². The molecule has 1 aromatic carbocycles. The molecule has 7 heteroatoms. The van der Waals surface area contributed by atoms with Gasteiger partial charge in [-0.15, -0.1) is 0 Å². The van der Waals surface area contributed by atoms with Crippen molar-refractivity contribution >= 4 is 11.8 Å². The molecule has 1 saturated heterocycles. The molecular formula is C20H28N2O5. The van der Waals surface area contributed by atoms with Gasteiger partial charge < -0.3 is 24.8 Å². The summed E-state index contributed by atoms with van der Waals surface area (Å²) in [7, 11) is 0. The van der Waals surface area contributed by atoms with Crippen molar-refractivity contribution in [3.05, 3.63) is 30.3 Å². The number of aliphatic hydroxyl groups is 1. The van der Waals surface area contributed by atoms with Gasteiger partial charge in [0.15, 0.2) is 0 Å². The van der Waals surface area contributed by atoms with Gasteiger partial charge in [-0.05, 0) is 31.4 Å². The lowest BCUT2D eigenvalue weighted by atomic mass is 9.83. The van der Waals surface area contributed by atoms with Crippen LogP contribution in [0.1, 0.15) is 25.7 Å². The maximum Gasteiger partial charge on any atom is 0.225 e. The van der Waals surface area contributed by atoms with E-state index in [1.807, 2.05) is 35.2 Å². The molecule has 2 amide bonds. The van der Waals surface area contributed by atoms with Crippen LogP contribution in [-0.2, 0) is 14.3 Å². The SMILES string of the molecule is O=C(CCOc1ccccc1)N[C@H]1CC[C@H](C(=O)N2CCOCC2)C[C@@H]1O. The van der Waals surface area contributed by atoms with Gasteiger partial charge in [0, 0.05) is 19.0 Å². The molecule has 2 fully saturated rings. The van der Waals surface area contributed by atoms with E-state index in [4.69, 9.17) is 9.47 Å². The van der Waals surface area contributed by atoms with Crippen molar-refractivity contribution in [1.29, 1.82) is 0 Å². The minimum atomic E-state index is -0.701. The van der Waals surface area contributed by atoms with Gasteiger partial charge in [-0.2, -0.15) is 0 Å². The number of benzene rings is 1. The highest BCUT2D eigenvalue weighted by molar-refractivity contribution is 5.79. The Balaban J connectivity index is 1.38. The van der Waals surface area contributed by atoms with Crippen LogP contribution in [-0.4, -0.2) is 66.9 Å². The number of ether oxygens (including phenoxy) is 2. The minimum absolute atomic E-state index is 0.0957. The maximum absolute atomic E-state index is 12.6. The first-order valence-corrected chi connectivity index (χ1v) is 9.65. The topological polar surface area (TPSA) is 88.1 Å². The third-order valence-electron chi connectivity index (χ3n) is 5.18. The lowest BCUT2D eigenvalue weighted by Crippen LogP contribution is -2.51. The summed E-state index contributed by atoms with van der Waals surface area (Å²) in [6.07, 6.45) is 1.20. The van der Waals surface area contributed by atoms with Crippen LogP contribution >= 0.6 is 0 Å². The molecule has 2 N–H and O–H groups in total. The molecule has 3 rings (SSSR count). The minimum Gasteiger partial charge on any atom is -0.493 e. The number of nitrogens with one attached hydrogen (secondary N) is 1. The monoisotopic (exact) mass is 376 g/mol. The van der Waals surface area contributed by atoms with Crippen molar-refractivity contribution < 1.29 is 24.2 Å². The molecule has 2 aliphatic rings. The van der Waals surface area contributed by atoms with E-state index in [0.29, 0.717) is 45.6 Å². The lowest BCUT2D eigenvalue weighted by Gasteiger charge is -2.36. The number of carbonyl (C=O) groups is 2. The Bertz CT molecular complexity index is 618. The zero-order valence-electron chi connectivity index (χ0n) is 15.5. The third kappa shape index (κ3) is 5.68. The van der Waals surface area contributed by atoms with Gasteiger partial charge in [0.25, 0.3) is 0 Å². The number of hydrogen-bond acceptors (Lipinski definition) is 5. The number of amides is 2. The lowest BCUT2D eigenvalue weighted by molar-refractivity contribution is -0.142. The molecule has 7 nitrogen and oxygen atoms in total. The van der Waals surface area contributed by atoms with E-state index in [1.165, 1.54) is 0 Å². The van der Waals surface area contributed by atoms with E-state index < -0.39 is 6.10 Å². The normalized spacial score (nSPS) is 25.7. The Hall–Kier alpha value is -2.12. The van der Waals surface area contributed by atoms with Gasteiger partial charge in [0.1, 0.15) is 5.75 Å². The molecule has 1 heterocycles. The first-order valence-electron chi connectivity index (χ1n) is 9.65. The fraction of sp³-hybridized carbons (Fsp3) is 0.600. The smallest absolute Gasteiger partial charge is 0.225 e. The zero-order chi connectivity index (χ0) is 19.1. The Morgan fingerprint density at radius 2 is 1.93 bits per heavy atom. The van der Waals surface area contributed by atoms with Crippen molar-refractivity contribution in [2.45, 2.75) is 37.8 Å². The highest BCUT2D eigenvalue weighted by Crippen LogP contribution is 2.27. The van der Waals surface area contributed by atoms with Crippen LogP contribution < -0.4 is 10.1 Å². The second-order valence-electron chi connectivity index (χ2n) is 7.10. The Labute approximate surface area is 159 Å². The van der Waals surface area contributed by atoms with E-state index >= 15 is 0 Å². The highest BCUT2D eigenvalue weighted by atomic mass is 16.5. The molecule has 0 aromatic heterocycles. The molecule has 1 saturated carbocycles. The van der Waals surface area contributed by atoms with Crippen molar-refractivity contribution in [3.8, 4) is 5.75 Å². The molecule has 0 unspecified atom stereocenters. The van der Waals surface area contributed by atoms with Crippen molar-refractivity contribution in [2.75, 3.05) is 32.9 Å². The second-order valence-corrected chi connectivity index (χ2v) is 7.10. The molecule has 1 aliphatic carbocycles. The fourth-order valence-corrected chi connectivity index (χ4v) is 3.64. The second kappa shape index (κ2) is 9.71. The fourth-order valence-electron chi connectivity index (χ4n) is 3.64. The Kier molecular flexibility index (Phi) is 7.06. The molecule has 1 aliphatic heterocycles. The Morgan fingerprint density at radius 3 is 2.63 bits per heavy atom. The van der Waals surface area contributed by atoms with Crippen molar-refractivity contribution in [1.82, 2.24) is 10.2 Å². The summed E-state index contributed by atoms with van der Waals surface area (Å²) in [4.78, 5) is 26.5. The molecule has 3 atom stereocenters. The average molecular weight is 376 g/mol. The Morgan fingerprint density at radius 1 is 1.19 bits per heavy atom. The molecule has 0 bridgehead atoms. The van der Waals surface area contributed by atoms with Gasteiger partial charge >= 0.3 is 0 Å². The number of rotatable bonds is 6.